The number of hydrogen-bond acceptors (Lipinski definition) is 4. The Morgan fingerprint density at radius 2 is 2.26 bits per heavy atom. The Morgan fingerprint density at radius 1 is 1.47 bits per heavy atom. The molecule has 1 aromatic heterocycles. The number of nitrogens with zero attached hydrogens (tertiary/aromatic N) is 1. The second kappa shape index (κ2) is 6.00. The van der Waals surface area contributed by atoms with E-state index in [0.29, 0.717) is 16.2 Å². The average Bonchev–Trinajstić information content (AvgIpc) is 2.86. The zero-order valence-electron chi connectivity index (χ0n) is 10.1. The lowest BCUT2D eigenvalue weighted by Crippen LogP contribution is -2.10. The van der Waals surface area contributed by atoms with Crippen LogP contribution in [-0.2, 0) is 0 Å². The van der Waals surface area contributed by atoms with Crippen LogP contribution in [0.25, 0.3) is 0 Å². The van der Waals surface area contributed by atoms with Crippen molar-refractivity contribution >= 4 is 33.0 Å². The molecule has 2 aromatic rings. The lowest BCUT2D eigenvalue weighted by Gasteiger charge is -2.09. The fourth-order valence-corrected chi connectivity index (χ4v) is 3.24. The van der Waals surface area contributed by atoms with Crippen molar-refractivity contribution in [2.75, 3.05) is 7.11 Å². The quantitative estimate of drug-likeness (QED) is 0.793. The van der Waals surface area contributed by atoms with E-state index in [9.17, 15) is 10.1 Å². The zero-order chi connectivity index (χ0) is 13.8. The molecule has 3 nitrogen and oxygen atoms in total. The SMILES string of the molecule is COc1cccc(C(C#N)C(=O)c2sccc2Br)c1. The molecule has 1 aromatic carbocycles. The number of halogens is 1. The minimum absolute atomic E-state index is 0.197. The van der Waals surface area contributed by atoms with E-state index in [-0.39, 0.29) is 5.78 Å². The molecular weight excluding hydrogens is 326 g/mol. The third kappa shape index (κ3) is 2.86. The van der Waals surface area contributed by atoms with Crippen LogP contribution >= 0.6 is 27.3 Å². The van der Waals surface area contributed by atoms with E-state index in [2.05, 4.69) is 22.0 Å². The van der Waals surface area contributed by atoms with Crippen molar-refractivity contribution in [3.05, 3.63) is 50.6 Å². The monoisotopic (exact) mass is 335 g/mol. The highest BCUT2D eigenvalue weighted by Crippen LogP contribution is 2.30. The standard InChI is InChI=1S/C14H10BrNO2S/c1-18-10-4-2-3-9(7-10)11(8-16)13(17)14-12(15)5-6-19-14/h2-7,11H,1H3. The van der Waals surface area contributed by atoms with Crippen molar-refractivity contribution in [3.63, 3.8) is 0 Å². The van der Waals surface area contributed by atoms with Crippen LogP contribution in [-0.4, -0.2) is 12.9 Å². The molecule has 0 aliphatic carbocycles. The maximum atomic E-state index is 12.4. The van der Waals surface area contributed by atoms with E-state index < -0.39 is 5.92 Å². The first-order valence-corrected chi connectivity index (χ1v) is 7.15. The van der Waals surface area contributed by atoms with Crippen molar-refractivity contribution in [1.29, 1.82) is 5.26 Å². The predicted octanol–water partition coefficient (Wildman–Crippen LogP) is 4.01. The van der Waals surface area contributed by atoms with E-state index in [1.54, 1.807) is 37.4 Å². The van der Waals surface area contributed by atoms with Crippen LogP contribution in [0.1, 0.15) is 21.2 Å². The highest BCUT2D eigenvalue weighted by atomic mass is 79.9. The normalized spacial score (nSPS) is 11.6. The van der Waals surface area contributed by atoms with Crippen LogP contribution in [0.5, 0.6) is 5.75 Å². The van der Waals surface area contributed by atoms with Gasteiger partial charge in [-0.25, -0.2) is 0 Å². The van der Waals surface area contributed by atoms with Crippen molar-refractivity contribution in [1.82, 2.24) is 0 Å². The molecule has 0 aliphatic heterocycles. The van der Waals surface area contributed by atoms with Crippen LogP contribution in [0.3, 0.4) is 0 Å². The number of benzene rings is 1. The summed E-state index contributed by atoms with van der Waals surface area (Å²) in [5.41, 5.74) is 0.646. The molecule has 0 bridgehead atoms. The minimum atomic E-state index is -0.815. The molecule has 0 spiro atoms. The Balaban J connectivity index is 2.38. The van der Waals surface area contributed by atoms with Crippen molar-refractivity contribution in [2.24, 2.45) is 0 Å². The Hall–Kier alpha value is -1.64. The summed E-state index contributed by atoms with van der Waals surface area (Å²) in [5.74, 6) is -0.376. The molecule has 0 amide bonds. The number of rotatable bonds is 4. The number of carbonyl (C=O) groups is 1. The number of hydrogen-bond donors (Lipinski definition) is 0. The lowest BCUT2D eigenvalue weighted by atomic mass is 9.95. The molecule has 96 valence electrons. The van der Waals surface area contributed by atoms with Gasteiger partial charge in [0.05, 0.1) is 18.1 Å². The Morgan fingerprint density at radius 3 is 2.84 bits per heavy atom. The summed E-state index contributed by atoms with van der Waals surface area (Å²) in [4.78, 5) is 12.9. The van der Waals surface area contributed by atoms with Crippen LogP contribution in [0.4, 0.5) is 0 Å². The molecule has 1 atom stereocenters. The van der Waals surface area contributed by atoms with Gasteiger partial charge in [0.15, 0.2) is 5.78 Å². The van der Waals surface area contributed by atoms with Crippen LogP contribution < -0.4 is 4.74 Å². The molecule has 0 aliphatic rings. The van der Waals surface area contributed by atoms with Crippen LogP contribution in [0.15, 0.2) is 40.2 Å². The molecule has 0 saturated carbocycles. The molecule has 0 saturated heterocycles. The van der Waals surface area contributed by atoms with E-state index in [1.807, 2.05) is 5.38 Å². The van der Waals surface area contributed by atoms with Crippen LogP contribution in [0.2, 0.25) is 0 Å². The number of ketones is 1. The number of ether oxygens (including phenoxy) is 1. The average molecular weight is 336 g/mol. The maximum Gasteiger partial charge on any atom is 0.195 e. The van der Waals surface area contributed by atoms with Crippen molar-refractivity contribution in [3.8, 4) is 11.8 Å². The smallest absolute Gasteiger partial charge is 0.195 e. The van der Waals surface area contributed by atoms with E-state index in [1.165, 1.54) is 11.3 Å². The Bertz CT molecular complexity index is 645. The summed E-state index contributed by atoms with van der Waals surface area (Å²) in [6.07, 6.45) is 0. The maximum absolute atomic E-state index is 12.4. The van der Waals surface area contributed by atoms with Gasteiger partial charge in [0.2, 0.25) is 0 Å². The molecule has 0 fully saturated rings. The number of Topliss-reactive ketones (excluding diaryl/α,β-unsaturated/α-hetero) is 1. The number of nitriles is 1. The third-order valence-electron chi connectivity index (χ3n) is 2.66. The number of carbonyl (C=O) groups excluding carboxylic acids is 1. The van der Waals surface area contributed by atoms with Crippen molar-refractivity contribution in [2.45, 2.75) is 5.92 Å². The summed E-state index contributed by atoms with van der Waals surface area (Å²) in [6, 6.07) is 10.9. The van der Waals surface area contributed by atoms with Gasteiger partial charge in [0, 0.05) is 4.47 Å². The van der Waals surface area contributed by atoms with Gasteiger partial charge >= 0.3 is 0 Å². The summed E-state index contributed by atoms with van der Waals surface area (Å²) in [5, 5.41) is 11.1. The summed E-state index contributed by atoms with van der Waals surface area (Å²) >= 11 is 4.65. The molecule has 1 heterocycles. The van der Waals surface area contributed by atoms with E-state index in [4.69, 9.17) is 4.74 Å². The molecule has 0 radical (unpaired) electrons. The second-order valence-electron chi connectivity index (χ2n) is 3.80. The Kier molecular flexibility index (Phi) is 4.35. The lowest BCUT2D eigenvalue weighted by molar-refractivity contribution is 0.0982. The first kappa shape index (κ1) is 13.8. The number of methoxy groups -OCH3 is 1. The zero-order valence-corrected chi connectivity index (χ0v) is 12.5. The predicted molar refractivity (Wildman–Crippen MR) is 77.7 cm³/mol. The van der Waals surface area contributed by atoms with Gasteiger partial charge in [-0.1, -0.05) is 12.1 Å². The van der Waals surface area contributed by atoms with Gasteiger partial charge in [-0.05, 0) is 45.1 Å². The van der Waals surface area contributed by atoms with Gasteiger partial charge < -0.3 is 4.74 Å². The van der Waals surface area contributed by atoms with Gasteiger partial charge in [-0.2, -0.15) is 5.26 Å². The van der Waals surface area contributed by atoms with Gasteiger partial charge in [0.25, 0.3) is 0 Å². The largest absolute Gasteiger partial charge is 0.497 e. The minimum Gasteiger partial charge on any atom is -0.497 e. The van der Waals surface area contributed by atoms with Gasteiger partial charge in [0.1, 0.15) is 11.7 Å². The van der Waals surface area contributed by atoms with Crippen LogP contribution in [0, 0.1) is 11.3 Å². The summed E-state index contributed by atoms with van der Waals surface area (Å²) in [7, 11) is 1.55. The molecule has 1 unspecified atom stereocenters. The first-order valence-electron chi connectivity index (χ1n) is 5.48. The van der Waals surface area contributed by atoms with Gasteiger partial charge in [-0.15, -0.1) is 11.3 Å². The molecule has 0 N–H and O–H groups in total. The molecule has 19 heavy (non-hydrogen) atoms. The number of thiophene rings is 1. The topological polar surface area (TPSA) is 50.1 Å². The highest BCUT2D eigenvalue weighted by molar-refractivity contribution is 9.10. The summed E-state index contributed by atoms with van der Waals surface area (Å²) in [6.45, 7) is 0. The van der Waals surface area contributed by atoms with E-state index >= 15 is 0 Å². The second-order valence-corrected chi connectivity index (χ2v) is 5.57. The molecule has 5 heteroatoms. The summed E-state index contributed by atoms with van der Waals surface area (Å²) < 4.78 is 5.84. The van der Waals surface area contributed by atoms with Gasteiger partial charge in [-0.3, -0.25) is 4.79 Å². The molecule has 2 rings (SSSR count). The van der Waals surface area contributed by atoms with E-state index in [0.717, 1.165) is 4.47 Å². The fraction of sp³-hybridized carbons (Fsp3) is 0.143. The van der Waals surface area contributed by atoms with Crippen molar-refractivity contribution < 1.29 is 9.53 Å². The fourth-order valence-electron chi connectivity index (χ4n) is 1.71. The highest BCUT2D eigenvalue weighted by Gasteiger charge is 2.24. The Labute approximate surface area is 123 Å². The molecular formula is C14H10BrNO2S. The first-order chi connectivity index (χ1) is 9.17. The third-order valence-corrected chi connectivity index (χ3v) is 4.51.